The predicted molar refractivity (Wildman–Crippen MR) is 57.5 cm³/mol. The maximum atomic E-state index is 9.24. The summed E-state index contributed by atoms with van der Waals surface area (Å²) in [6, 6.07) is 10.5. The molecule has 0 radical (unpaired) electrons. The summed E-state index contributed by atoms with van der Waals surface area (Å²) >= 11 is 0. The summed E-state index contributed by atoms with van der Waals surface area (Å²) in [5.74, 6) is 0. The molecule has 1 aliphatic heterocycles. The van der Waals surface area contributed by atoms with Crippen LogP contribution in [0.5, 0.6) is 0 Å². The number of aliphatic hydroxyl groups excluding tert-OH is 1. The Balaban J connectivity index is 2.15. The van der Waals surface area contributed by atoms with Crippen LogP contribution < -0.4 is 10.2 Å². The quantitative estimate of drug-likeness (QED) is 0.714. The fraction of sp³-hybridized carbons (Fsp3) is 0.455. The number of nitrogens with zero attached hydrogens (tertiary/aromatic N) is 1. The maximum Gasteiger partial charge on any atom is 0.0647 e. The molecule has 76 valence electrons. The fourth-order valence-electron chi connectivity index (χ4n) is 1.88. The van der Waals surface area contributed by atoms with Crippen LogP contribution in [-0.4, -0.2) is 37.4 Å². The first-order valence-corrected chi connectivity index (χ1v) is 5.05. The molecular formula is C11H16N2O. The largest absolute Gasteiger partial charge is 0.394 e. The zero-order valence-corrected chi connectivity index (χ0v) is 8.19. The van der Waals surface area contributed by atoms with E-state index in [1.54, 1.807) is 0 Å². The number of piperazine rings is 1. The van der Waals surface area contributed by atoms with Gasteiger partial charge in [-0.25, -0.2) is 0 Å². The number of anilines is 1. The molecule has 3 heteroatoms. The van der Waals surface area contributed by atoms with Gasteiger partial charge in [0.05, 0.1) is 12.6 Å². The first-order chi connectivity index (χ1) is 6.92. The van der Waals surface area contributed by atoms with Crippen molar-refractivity contribution in [3.8, 4) is 0 Å². The van der Waals surface area contributed by atoms with Crippen LogP contribution in [-0.2, 0) is 0 Å². The smallest absolute Gasteiger partial charge is 0.0647 e. The van der Waals surface area contributed by atoms with Crippen molar-refractivity contribution in [1.82, 2.24) is 5.32 Å². The topological polar surface area (TPSA) is 35.5 Å². The van der Waals surface area contributed by atoms with E-state index in [0.29, 0.717) is 0 Å². The van der Waals surface area contributed by atoms with Crippen LogP contribution in [0.4, 0.5) is 5.69 Å². The molecule has 1 aromatic rings. The highest BCUT2D eigenvalue weighted by Gasteiger charge is 2.20. The van der Waals surface area contributed by atoms with Crippen molar-refractivity contribution in [1.29, 1.82) is 0 Å². The molecule has 1 heterocycles. The van der Waals surface area contributed by atoms with Gasteiger partial charge in [-0.05, 0) is 12.1 Å². The summed E-state index contributed by atoms with van der Waals surface area (Å²) in [6.07, 6.45) is 0. The van der Waals surface area contributed by atoms with Gasteiger partial charge >= 0.3 is 0 Å². The number of hydrogen-bond acceptors (Lipinski definition) is 3. The summed E-state index contributed by atoms with van der Waals surface area (Å²) in [5.41, 5.74) is 1.20. The number of nitrogens with one attached hydrogen (secondary N) is 1. The molecule has 1 aliphatic rings. The minimum absolute atomic E-state index is 0.210. The molecule has 1 atom stereocenters. The van der Waals surface area contributed by atoms with E-state index in [4.69, 9.17) is 0 Å². The van der Waals surface area contributed by atoms with Gasteiger partial charge in [0.15, 0.2) is 0 Å². The molecule has 1 unspecified atom stereocenters. The van der Waals surface area contributed by atoms with Crippen molar-refractivity contribution in [2.24, 2.45) is 0 Å². The average molecular weight is 192 g/mol. The highest BCUT2D eigenvalue weighted by Crippen LogP contribution is 2.17. The number of para-hydroxylation sites is 1. The predicted octanol–water partition coefficient (Wildman–Crippen LogP) is 0.457. The standard InChI is InChI=1S/C11H16N2O/c14-9-11-8-12-6-7-13(11)10-4-2-1-3-5-10/h1-5,11-12,14H,6-9H2. The molecule has 1 saturated heterocycles. The number of hydrogen-bond donors (Lipinski definition) is 2. The third-order valence-corrected chi connectivity index (χ3v) is 2.65. The van der Waals surface area contributed by atoms with Crippen LogP contribution in [0.2, 0.25) is 0 Å². The van der Waals surface area contributed by atoms with Crippen molar-refractivity contribution in [2.45, 2.75) is 6.04 Å². The Morgan fingerprint density at radius 3 is 2.86 bits per heavy atom. The Kier molecular flexibility index (Phi) is 3.01. The summed E-state index contributed by atoms with van der Waals surface area (Å²) in [4.78, 5) is 2.26. The summed E-state index contributed by atoms with van der Waals surface area (Å²) < 4.78 is 0. The molecule has 14 heavy (non-hydrogen) atoms. The van der Waals surface area contributed by atoms with E-state index >= 15 is 0 Å². The fourth-order valence-corrected chi connectivity index (χ4v) is 1.88. The third kappa shape index (κ3) is 1.89. The summed E-state index contributed by atoms with van der Waals surface area (Å²) in [6.45, 7) is 3.04. The van der Waals surface area contributed by atoms with Crippen molar-refractivity contribution in [2.75, 3.05) is 31.1 Å². The second kappa shape index (κ2) is 4.44. The Morgan fingerprint density at radius 1 is 1.36 bits per heavy atom. The van der Waals surface area contributed by atoms with Gasteiger partial charge in [-0.1, -0.05) is 18.2 Å². The average Bonchev–Trinajstić information content (AvgIpc) is 2.30. The monoisotopic (exact) mass is 192 g/mol. The lowest BCUT2D eigenvalue weighted by atomic mass is 10.1. The molecule has 1 aromatic carbocycles. The van der Waals surface area contributed by atoms with Gasteiger partial charge in [-0.2, -0.15) is 0 Å². The minimum Gasteiger partial charge on any atom is -0.394 e. The summed E-state index contributed by atoms with van der Waals surface area (Å²) in [5, 5.41) is 12.5. The Morgan fingerprint density at radius 2 is 2.14 bits per heavy atom. The van der Waals surface area contributed by atoms with Crippen LogP contribution in [0.25, 0.3) is 0 Å². The third-order valence-electron chi connectivity index (χ3n) is 2.65. The number of benzene rings is 1. The normalized spacial score (nSPS) is 22.4. The van der Waals surface area contributed by atoms with Gasteiger partial charge in [0.25, 0.3) is 0 Å². The van der Waals surface area contributed by atoms with Gasteiger partial charge in [-0.15, -0.1) is 0 Å². The first kappa shape index (κ1) is 9.49. The summed E-state index contributed by atoms with van der Waals surface area (Å²) in [7, 11) is 0. The SMILES string of the molecule is OCC1CNCCN1c1ccccc1. The lowest BCUT2D eigenvalue weighted by molar-refractivity contribution is 0.246. The molecule has 0 saturated carbocycles. The van der Waals surface area contributed by atoms with Crippen LogP contribution in [0.3, 0.4) is 0 Å². The van der Waals surface area contributed by atoms with E-state index in [-0.39, 0.29) is 12.6 Å². The van der Waals surface area contributed by atoms with Crippen molar-refractivity contribution in [3.63, 3.8) is 0 Å². The van der Waals surface area contributed by atoms with Gasteiger partial charge in [0.1, 0.15) is 0 Å². The molecule has 0 amide bonds. The van der Waals surface area contributed by atoms with Crippen molar-refractivity contribution < 1.29 is 5.11 Å². The van der Waals surface area contributed by atoms with Crippen LogP contribution in [0, 0.1) is 0 Å². The molecule has 0 aromatic heterocycles. The molecule has 2 N–H and O–H groups in total. The Bertz CT molecular complexity index is 276. The van der Waals surface area contributed by atoms with Gasteiger partial charge in [-0.3, -0.25) is 0 Å². The van der Waals surface area contributed by atoms with Crippen LogP contribution in [0.1, 0.15) is 0 Å². The highest BCUT2D eigenvalue weighted by atomic mass is 16.3. The second-order valence-corrected chi connectivity index (χ2v) is 3.57. The van der Waals surface area contributed by atoms with Crippen molar-refractivity contribution in [3.05, 3.63) is 30.3 Å². The van der Waals surface area contributed by atoms with Crippen molar-refractivity contribution >= 4 is 5.69 Å². The number of rotatable bonds is 2. The molecule has 0 spiro atoms. The zero-order chi connectivity index (χ0) is 9.80. The van der Waals surface area contributed by atoms with E-state index in [2.05, 4.69) is 22.3 Å². The Hall–Kier alpha value is -1.06. The van der Waals surface area contributed by atoms with E-state index in [9.17, 15) is 5.11 Å². The van der Waals surface area contributed by atoms with E-state index in [1.165, 1.54) is 5.69 Å². The first-order valence-electron chi connectivity index (χ1n) is 5.05. The molecule has 3 nitrogen and oxygen atoms in total. The highest BCUT2D eigenvalue weighted by molar-refractivity contribution is 5.47. The molecule has 0 aliphatic carbocycles. The molecule has 0 bridgehead atoms. The van der Waals surface area contributed by atoms with Gasteiger partial charge in [0, 0.05) is 25.3 Å². The zero-order valence-electron chi connectivity index (χ0n) is 8.19. The van der Waals surface area contributed by atoms with E-state index in [0.717, 1.165) is 19.6 Å². The lowest BCUT2D eigenvalue weighted by Gasteiger charge is -2.36. The Labute approximate surface area is 84.4 Å². The van der Waals surface area contributed by atoms with E-state index < -0.39 is 0 Å². The van der Waals surface area contributed by atoms with Gasteiger partial charge < -0.3 is 15.3 Å². The number of aliphatic hydroxyl groups is 1. The molecule has 2 rings (SSSR count). The second-order valence-electron chi connectivity index (χ2n) is 3.57. The van der Waals surface area contributed by atoms with Gasteiger partial charge in [0.2, 0.25) is 0 Å². The van der Waals surface area contributed by atoms with Crippen LogP contribution in [0.15, 0.2) is 30.3 Å². The molecular weight excluding hydrogens is 176 g/mol. The molecule has 1 fully saturated rings. The minimum atomic E-state index is 0.210. The van der Waals surface area contributed by atoms with Crippen LogP contribution >= 0.6 is 0 Å². The van der Waals surface area contributed by atoms with E-state index in [1.807, 2.05) is 18.2 Å². The lowest BCUT2D eigenvalue weighted by Crippen LogP contribution is -2.53. The maximum absolute atomic E-state index is 9.24.